The lowest BCUT2D eigenvalue weighted by Gasteiger charge is -2.28. The summed E-state index contributed by atoms with van der Waals surface area (Å²) < 4.78 is 19.6. The zero-order valence-corrected chi connectivity index (χ0v) is 20.9. The summed E-state index contributed by atoms with van der Waals surface area (Å²) in [6.45, 7) is 19.8. The molecule has 0 spiro atoms. The third-order valence-corrected chi connectivity index (χ3v) is 8.32. The molecular formula is C23H35NO3SSi. The van der Waals surface area contributed by atoms with Crippen LogP contribution in [0.5, 0.6) is 0 Å². The lowest BCUT2D eigenvalue weighted by molar-refractivity contribution is -0.150. The smallest absolute Gasteiger partial charge is 0.335 e. The monoisotopic (exact) mass is 433 g/mol. The van der Waals surface area contributed by atoms with Crippen molar-refractivity contribution in [1.82, 2.24) is 4.31 Å². The quantitative estimate of drug-likeness (QED) is 0.297. The summed E-state index contributed by atoms with van der Waals surface area (Å²) in [5.41, 5.74) is 3.10. The molecule has 1 rings (SSSR count). The molecular weight excluding hydrogens is 398 g/mol. The Morgan fingerprint density at radius 1 is 1.14 bits per heavy atom. The summed E-state index contributed by atoms with van der Waals surface area (Å²) in [5, 5.41) is 1.26. The molecule has 0 aliphatic heterocycles. The van der Waals surface area contributed by atoms with Gasteiger partial charge in [0.05, 0.1) is 11.3 Å². The SMILES string of the molecule is C=C(CN(CC#C[Si](C)(C)c1ccccc1)[S@](=O)C(C)(C)C)C(=O)OC(C)(C)C. The largest absolute Gasteiger partial charge is 0.457 e. The summed E-state index contributed by atoms with van der Waals surface area (Å²) in [7, 11) is -3.25. The maximum atomic E-state index is 13.0. The van der Waals surface area contributed by atoms with E-state index < -0.39 is 35.4 Å². The van der Waals surface area contributed by atoms with Crippen LogP contribution in [0, 0.1) is 11.5 Å². The second kappa shape index (κ2) is 9.88. The lowest BCUT2D eigenvalue weighted by atomic mass is 10.2. The minimum atomic E-state index is -1.92. The minimum Gasteiger partial charge on any atom is -0.457 e. The molecule has 1 aromatic rings. The van der Waals surface area contributed by atoms with Gasteiger partial charge in [0.2, 0.25) is 0 Å². The van der Waals surface area contributed by atoms with Gasteiger partial charge in [-0.1, -0.05) is 55.9 Å². The number of esters is 1. The first kappa shape index (κ1) is 25.4. The minimum absolute atomic E-state index is 0.154. The second-order valence-electron chi connectivity index (χ2n) is 9.56. The summed E-state index contributed by atoms with van der Waals surface area (Å²) in [5.74, 6) is 2.75. The van der Waals surface area contributed by atoms with Gasteiger partial charge in [0, 0.05) is 12.1 Å². The Hall–Kier alpha value is -1.68. The van der Waals surface area contributed by atoms with Crippen molar-refractivity contribution in [2.75, 3.05) is 13.1 Å². The average molecular weight is 434 g/mol. The molecule has 0 N–H and O–H groups in total. The lowest BCUT2D eigenvalue weighted by Crippen LogP contribution is -2.42. The van der Waals surface area contributed by atoms with Crippen molar-refractivity contribution in [1.29, 1.82) is 0 Å². The van der Waals surface area contributed by atoms with Crippen molar-refractivity contribution >= 4 is 30.2 Å². The van der Waals surface area contributed by atoms with Crippen molar-refractivity contribution in [3.05, 3.63) is 42.5 Å². The van der Waals surface area contributed by atoms with Crippen molar-refractivity contribution in [3.63, 3.8) is 0 Å². The van der Waals surface area contributed by atoms with Gasteiger partial charge in [0.15, 0.2) is 8.07 Å². The average Bonchev–Trinajstić information content (AvgIpc) is 2.58. The van der Waals surface area contributed by atoms with Crippen LogP contribution in [0.15, 0.2) is 42.5 Å². The molecule has 0 aromatic heterocycles. The van der Waals surface area contributed by atoms with Gasteiger partial charge in [-0.2, -0.15) is 0 Å². The molecule has 160 valence electrons. The summed E-state index contributed by atoms with van der Waals surface area (Å²) >= 11 is 0. The maximum absolute atomic E-state index is 13.0. The van der Waals surface area contributed by atoms with E-state index in [0.29, 0.717) is 6.54 Å². The van der Waals surface area contributed by atoms with Gasteiger partial charge in [-0.05, 0) is 46.7 Å². The van der Waals surface area contributed by atoms with Crippen LogP contribution in [0.1, 0.15) is 41.5 Å². The van der Waals surface area contributed by atoms with E-state index in [1.165, 1.54) is 5.19 Å². The van der Waals surface area contributed by atoms with Gasteiger partial charge in [0.1, 0.15) is 16.6 Å². The first-order chi connectivity index (χ1) is 13.1. The number of benzene rings is 1. The number of rotatable bonds is 6. The number of carbonyl (C=O) groups is 1. The molecule has 0 saturated heterocycles. The molecule has 29 heavy (non-hydrogen) atoms. The van der Waals surface area contributed by atoms with Crippen LogP contribution in [-0.2, 0) is 20.5 Å². The molecule has 0 bridgehead atoms. The van der Waals surface area contributed by atoms with E-state index in [1.807, 2.05) is 59.7 Å². The van der Waals surface area contributed by atoms with Crippen LogP contribution in [0.4, 0.5) is 0 Å². The highest BCUT2D eigenvalue weighted by Gasteiger charge is 2.29. The predicted octanol–water partition coefficient (Wildman–Crippen LogP) is 3.81. The van der Waals surface area contributed by atoms with Gasteiger partial charge in [-0.15, -0.1) is 5.54 Å². The van der Waals surface area contributed by atoms with Gasteiger partial charge in [-0.25, -0.2) is 13.3 Å². The van der Waals surface area contributed by atoms with Gasteiger partial charge >= 0.3 is 5.97 Å². The van der Waals surface area contributed by atoms with Crippen molar-refractivity contribution < 1.29 is 13.7 Å². The highest BCUT2D eigenvalue weighted by Crippen LogP contribution is 2.18. The number of hydrogen-bond acceptors (Lipinski definition) is 3. The number of hydrogen-bond donors (Lipinski definition) is 0. The van der Waals surface area contributed by atoms with Crippen LogP contribution >= 0.6 is 0 Å². The number of ether oxygens (including phenoxy) is 1. The molecule has 0 aliphatic rings. The number of carbonyl (C=O) groups excluding carboxylic acids is 1. The molecule has 0 fully saturated rings. The zero-order valence-electron chi connectivity index (χ0n) is 19.1. The van der Waals surface area contributed by atoms with Gasteiger partial charge in [-0.3, -0.25) is 0 Å². The Bertz CT molecular complexity index is 809. The van der Waals surface area contributed by atoms with Crippen molar-refractivity contribution in [2.45, 2.75) is 65.0 Å². The maximum Gasteiger partial charge on any atom is 0.335 e. The Labute approximate surface area is 180 Å². The Morgan fingerprint density at radius 2 is 1.69 bits per heavy atom. The van der Waals surface area contributed by atoms with E-state index >= 15 is 0 Å². The standard InChI is InChI=1S/C23H35NO3SSi/c1-19(21(25)27-22(2,3)4)18-24(28(26)23(5,6)7)16-13-17-29(8,9)20-14-11-10-12-15-20/h10-12,14-15H,1,16,18H2,2-9H3/t28-/m1/s1. The molecule has 0 unspecified atom stereocenters. The van der Waals surface area contributed by atoms with Crippen LogP contribution < -0.4 is 5.19 Å². The molecule has 0 radical (unpaired) electrons. The van der Waals surface area contributed by atoms with E-state index in [0.717, 1.165) is 0 Å². The molecule has 4 nitrogen and oxygen atoms in total. The van der Waals surface area contributed by atoms with Crippen LogP contribution in [0.25, 0.3) is 0 Å². The van der Waals surface area contributed by atoms with E-state index in [-0.39, 0.29) is 12.1 Å². The third-order valence-electron chi connectivity index (χ3n) is 3.96. The molecule has 0 saturated carbocycles. The van der Waals surface area contributed by atoms with Gasteiger partial charge in [0.25, 0.3) is 0 Å². The molecule has 1 atom stereocenters. The summed E-state index contributed by atoms with van der Waals surface area (Å²) in [6.07, 6.45) is 0. The number of nitrogens with zero attached hydrogens (tertiary/aromatic N) is 1. The third kappa shape index (κ3) is 8.69. The molecule has 0 amide bonds. The van der Waals surface area contributed by atoms with E-state index in [2.05, 4.69) is 43.3 Å². The highest BCUT2D eigenvalue weighted by molar-refractivity contribution is 7.84. The van der Waals surface area contributed by atoms with Crippen molar-refractivity contribution in [2.24, 2.45) is 0 Å². The molecule has 1 aromatic carbocycles. The Balaban J connectivity index is 3.00. The first-order valence-electron chi connectivity index (χ1n) is 9.77. The van der Waals surface area contributed by atoms with Crippen LogP contribution in [-0.4, -0.2) is 46.0 Å². The fourth-order valence-corrected chi connectivity index (χ4v) is 5.38. The Morgan fingerprint density at radius 3 is 2.17 bits per heavy atom. The normalized spacial score (nSPS) is 13.4. The van der Waals surface area contributed by atoms with Gasteiger partial charge < -0.3 is 4.74 Å². The van der Waals surface area contributed by atoms with E-state index in [9.17, 15) is 9.00 Å². The van der Waals surface area contributed by atoms with E-state index in [4.69, 9.17) is 4.74 Å². The molecule has 6 heteroatoms. The molecule has 0 aliphatic carbocycles. The molecule has 0 heterocycles. The van der Waals surface area contributed by atoms with Crippen LogP contribution in [0.2, 0.25) is 13.1 Å². The Kier molecular flexibility index (Phi) is 8.64. The predicted molar refractivity (Wildman–Crippen MR) is 126 cm³/mol. The highest BCUT2D eigenvalue weighted by atomic mass is 32.2. The fraction of sp³-hybridized carbons (Fsp3) is 0.522. The topological polar surface area (TPSA) is 46.6 Å². The summed E-state index contributed by atoms with van der Waals surface area (Å²) in [4.78, 5) is 12.3. The first-order valence-corrected chi connectivity index (χ1v) is 13.9. The second-order valence-corrected chi connectivity index (χ2v) is 15.9. The van der Waals surface area contributed by atoms with Crippen LogP contribution in [0.3, 0.4) is 0 Å². The zero-order chi connectivity index (χ0) is 22.5. The van der Waals surface area contributed by atoms with Crippen molar-refractivity contribution in [3.8, 4) is 11.5 Å². The fourth-order valence-electron chi connectivity index (χ4n) is 2.46. The summed E-state index contributed by atoms with van der Waals surface area (Å²) in [6, 6.07) is 10.3. The van der Waals surface area contributed by atoms with E-state index in [1.54, 1.807) is 4.31 Å².